The van der Waals surface area contributed by atoms with E-state index in [9.17, 15) is 5.11 Å². The van der Waals surface area contributed by atoms with Crippen LogP contribution >= 0.6 is 0 Å². The first-order valence-corrected chi connectivity index (χ1v) is 7.00. The molecule has 1 aromatic rings. The molecule has 0 saturated heterocycles. The van der Waals surface area contributed by atoms with E-state index >= 15 is 0 Å². The molecule has 0 aromatic carbocycles. The van der Waals surface area contributed by atoms with Gasteiger partial charge in [-0.1, -0.05) is 0 Å². The number of hydrogen-bond donors (Lipinski definition) is 2. The van der Waals surface area contributed by atoms with Gasteiger partial charge in [0.15, 0.2) is 5.82 Å². The zero-order valence-corrected chi connectivity index (χ0v) is 13.1. The van der Waals surface area contributed by atoms with Gasteiger partial charge in [0.25, 0.3) is 0 Å². The molecule has 0 radical (unpaired) electrons. The van der Waals surface area contributed by atoms with Crippen molar-refractivity contribution in [1.82, 2.24) is 9.97 Å². The molecule has 0 saturated carbocycles. The molecule has 0 atom stereocenters. The molecule has 1 aromatic heterocycles. The molecule has 0 amide bonds. The van der Waals surface area contributed by atoms with Gasteiger partial charge in [0.05, 0.1) is 5.60 Å². The smallest absolute Gasteiger partial charge is 0.158 e. The SMILES string of the molecule is CCOCc1nc(NC)cc(N(CC)CC(C)(C)O)n1. The Morgan fingerprint density at radius 2 is 2.05 bits per heavy atom. The maximum absolute atomic E-state index is 9.99. The quantitative estimate of drug-likeness (QED) is 0.755. The summed E-state index contributed by atoms with van der Waals surface area (Å²) in [6, 6.07) is 1.88. The molecule has 6 heteroatoms. The third-order valence-electron chi connectivity index (χ3n) is 2.73. The van der Waals surface area contributed by atoms with Crippen LogP contribution in [0.3, 0.4) is 0 Å². The number of hydrogen-bond acceptors (Lipinski definition) is 6. The molecular weight excluding hydrogens is 256 g/mol. The molecule has 20 heavy (non-hydrogen) atoms. The van der Waals surface area contributed by atoms with Gasteiger partial charge < -0.3 is 20.1 Å². The Morgan fingerprint density at radius 3 is 2.55 bits per heavy atom. The van der Waals surface area contributed by atoms with E-state index in [2.05, 4.69) is 15.3 Å². The Hall–Kier alpha value is -1.40. The Balaban J connectivity index is 3.01. The van der Waals surface area contributed by atoms with E-state index in [4.69, 9.17) is 4.74 Å². The molecule has 2 N–H and O–H groups in total. The van der Waals surface area contributed by atoms with E-state index in [1.54, 1.807) is 13.8 Å². The highest BCUT2D eigenvalue weighted by molar-refractivity contribution is 5.49. The predicted molar refractivity (Wildman–Crippen MR) is 81.1 cm³/mol. The lowest BCUT2D eigenvalue weighted by atomic mass is 10.1. The number of ether oxygens (including phenoxy) is 1. The molecule has 0 aliphatic rings. The van der Waals surface area contributed by atoms with Gasteiger partial charge in [0.2, 0.25) is 0 Å². The van der Waals surface area contributed by atoms with E-state index < -0.39 is 5.60 Å². The van der Waals surface area contributed by atoms with Gasteiger partial charge in [0.1, 0.15) is 18.2 Å². The van der Waals surface area contributed by atoms with E-state index in [-0.39, 0.29) is 0 Å². The number of aromatic nitrogens is 2. The highest BCUT2D eigenvalue weighted by Gasteiger charge is 2.19. The molecule has 0 spiro atoms. The first-order valence-electron chi connectivity index (χ1n) is 7.00. The number of nitrogens with zero attached hydrogens (tertiary/aromatic N) is 3. The fraction of sp³-hybridized carbons (Fsp3) is 0.714. The average Bonchev–Trinajstić information content (AvgIpc) is 2.41. The Bertz CT molecular complexity index is 418. The van der Waals surface area contributed by atoms with Gasteiger partial charge in [0, 0.05) is 32.8 Å². The minimum Gasteiger partial charge on any atom is -0.389 e. The number of anilines is 2. The molecule has 1 rings (SSSR count). The summed E-state index contributed by atoms with van der Waals surface area (Å²) in [5.74, 6) is 2.19. The van der Waals surface area contributed by atoms with E-state index in [0.29, 0.717) is 25.6 Å². The van der Waals surface area contributed by atoms with Crippen LogP contribution in [-0.4, -0.2) is 47.4 Å². The van der Waals surface area contributed by atoms with Gasteiger partial charge in [-0.05, 0) is 27.7 Å². The lowest BCUT2D eigenvalue weighted by Gasteiger charge is -2.29. The van der Waals surface area contributed by atoms with Crippen molar-refractivity contribution in [2.45, 2.75) is 39.9 Å². The minimum atomic E-state index is -0.777. The van der Waals surface area contributed by atoms with Crippen molar-refractivity contribution in [3.05, 3.63) is 11.9 Å². The number of aliphatic hydroxyl groups is 1. The first-order chi connectivity index (χ1) is 9.39. The first kappa shape index (κ1) is 16.7. The monoisotopic (exact) mass is 282 g/mol. The van der Waals surface area contributed by atoms with Crippen LogP contribution < -0.4 is 10.2 Å². The molecular formula is C14H26N4O2. The largest absolute Gasteiger partial charge is 0.389 e. The second-order valence-corrected chi connectivity index (χ2v) is 5.24. The Kier molecular flexibility index (Phi) is 6.16. The summed E-state index contributed by atoms with van der Waals surface area (Å²) >= 11 is 0. The summed E-state index contributed by atoms with van der Waals surface area (Å²) in [5.41, 5.74) is -0.777. The Labute approximate surface area is 121 Å². The summed E-state index contributed by atoms with van der Waals surface area (Å²) in [6.07, 6.45) is 0. The molecule has 0 aliphatic heterocycles. The standard InChI is InChI=1S/C14H26N4O2/c1-6-18(10-14(3,4)19)13-8-11(15-5)16-12(17-13)9-20-7-2/h8,19H,6-7,9-10H2,1-5H3,(H,15,16,17). The summed E-state index contributed by atoms with van der Waals surface area (Å²) in [6.45, 7) is 9.84. The van der Waals surface area contributed by atoms with E-state index in [1.807, 2.05) is 31.9 Å². The van der Waals surface area contributed by atoms with Crippen molar-refractivity contribution in [1.29, 1.82) is 0 Å². The van der Waals surface area contributed by atoms with Crippen molar-refractivity contribution in [2.75, 3.05) is 37.0 Å². The van der Waals surface area contributed by atoms with Gasteiger partial charge in [-0.25, -0.2) is 9.97 Å². The normalized spacial score (nSPS) is 11.5. The van der Waals surface area contributed by atoms with Gasteiger partial charge in [-0.15, -0.1) is 0 Å². The van der Waals surface area contributed by atoms with Crippen LogP contribution in [0.15, 0.2) is 6.07 Å². The third kappa shape index (κ3) is 5.30. The van der Waals surface area contributed by atoms with Gasteiger partial charge in [-0.3, -0.25) is 0 Å². The molecule has 0 aliphatic carbocycles. The van der Waals surface area contributed by atoms with E-state index in [0.717, 1.165) is 18.2 Å². The number of likely N-dealkylation sites (N-methyl/N-ethyl adjacent to an activating group) is 1. The van der Waals surface area contributed by atoms with Crippen molar-refractivity contribution in [2.24, 2.45) is 0 Å². The van der Waals surface area contributed by atoms with Crippen molar-refractivity contribution in [3.63, 3.8) is 0 Å². The molecule has 114 valence electrons. The molecule has 0 bridgehead atoms. The predicted octanol–water partition coefficient (Wildman–Crippen LogP) is 1.65. The lowest BCUT2D eigenvalue weighted by Crippen LogP contribution is -2.39. The maximum atomic E-state index is 9.99. The topological polar surface area (TPSA) is 70.5 Å². The fourth-order valence-electron chi connectivity index (χ4n) is 1.85. The van der Waals surface area contributed by atoms with Crippen molar-refractivity contribution >= 4 is 11.6 Å². The number of nitrogens with one attached hydrogen (secondary N) is 1. The summed E-state index contributed by atoms with van der Waals surface area (Å²) in [5, 5.41) is 13.0. The highest BCUT2D eigenvalue weighted by Crippen LogP contribution is 2.18. The van der Waals surface area contributed by atoms with Gasteiger partial charge in [-0.2, -0.15) is 0 Å². The van der Waals surface area contributed by atoms with Crippen molar-refractivity contribution < 1.29 is 9.84 Å². The highest BCUT2D eigenvalue weighted by atomic mass is 16.5. The average molecular weight is 282 g/mol. The fourth-order valence-corrected chi connectivity index (χ4v) is 1.85. The summed E-state index contributed by atoms with van der Waals surface area (Å²) < 4.78 is 5.37. The zero-order chi connectivity index (χ0) is 15.2. The maximum Gasteiger partial charge on any atom is 0.158 e. The zero-order valence-electron chi connectivity index (χ0n) is 13.1. The third-order valence-corrected chi connectivity index (χ3v) is 2.73. The van der Waals surface area contributed by atoms with Crippen LogP contribution in [0.4, 0.5) is 11.6 Å². The molecule has 1 heterocycles. The summed E-state index contributed by atoms with van der Waals surface area (Å²) in [4.78, 5) is 10.9. The second-order valence-electron chi connectivity index (χ2n) is 5.24. The Morgan fingerprint density at radius 1 is 1.35 bits per heavy atom. The molecule has 0 fully saturated rings. The van der Waals surface area contributed by atoms with Gasteiger partial charge >= 0.3 is 0 Å². The second kappa shape index (κ2) is 7.40. The van der Waals surface area contributed by atoms with Crippen LogP contribution in [0.25, 0.3) is 0 Å². The number of rotatable bonds is 8. The summed E-state index contributed by atoms with van der Waals surface area (Å²) in [7, 11) is 1.82. The van der Waals surface area contributed by atoms with Crippen LogP contribution in [-0.2, 0) is 11.3 Å². The van der Waals surface area contributed by atoms with Crippen molar-refractivity contribution in [3.8, 4) is 0 Å². The van der Waals surface area contributed by atoms with Crippen LogP contribution in [0.1, 0.15) is 33.5 Å². The van der Waals surface area contributed by atoms with Crippen LogP contribution in [0.2, 0.25) is 0 Å². The minimum absolute atomic E-state index is 0.388. The van der Waals surface area contributed by atoms with Crippen LogP contribution in [0, 0.1) is 0 Å². The van der Waals surface area contributed by atoms with E-state index in [1.165, 1.54) is 0 Å². The lowest BCUT2D eigenvalue weighted by molar-refractivity contribution is 0.0873. The molecule has 0 unspecified atom stereocenters. The van der Waals surface area contributed by atoms with Crippen LogP contribution in [0.5, 0.6) is 0 Å². The molecule has 6 nitrogen and oxygen atoms in total.